The molecule has 0 bridgehead atoms. The summed E-state index contributed by atoms with van der Waals surface area (Å²) in [5.41, 5.74) is 4.49. The van der Waals surface area contributed by atoms with Crippen molar-refractivity contribution in [3.05, 3.63) is 23.3 Å². The van der Waals surface area contributed by atoms with Crippen LogP contribution in [-0.4, -0.2) is 53.2 Å². The highest BCUT2D eigenvalue weighted by Crippen LogP contribution is 2.32. The van der Waals surface area contributed by atoms with Crippen molar-refractivity contribution in [2.24, 2.45) is 0 Å². The summed E-state index contributed by atoms with van der Waals surface area (Å²) in [4.78, 5) is 24.8. The zero-order valence-corrected chi connectivity index (χ0v) is 16.3. The molecule has 1 atom stereocenters. The van der Waals surface area contributed by atoms with Gasteiger partial charge in [-0.2, -0.15) is 0 Å². The molecular formula is C18H24F3N3O5. The molecule has 0 aliphatic carbocycles. The number of carboxylic acids is 1. The normalized spacial score (nSPS) is 17.8. The van der Waals surface area contributed by atoms with E-state index in [1.807, 2.05) is 0 Å². The van der Waals surface area contributed by atoms with Crippen molar-refractivity contribution in [3.63, 3.8) is 0 Å². The fourth-order valence-electron chi connectivity index (χ4n) is 2.98. The van der Waals surface area contributed by atoms with Gasteiger partial charge in [-0.15, -0.1) is 13.2 Å². The van der Waals surface area contributed by atoms with E-state index in [9.17, 15) is 22.8 Å². The number of aromatic carboxylic acids is 1. The monoisotopic (exact) mass is 419 g/mol. The standard InChI is InChI=1S/C18H24F3N3O5/c1-17(2,3)29-16(27)23-11-4-5-24(9-11)8-10-6-13(22)12(15(25)26)7-14(10)28-18(19,20)21/h6-7,11H,4-5,8-9,22H2,1-3H3,(H,23,27)(H,25,26). The van der Waals surface area contributed by atoms with Gasteiger partial charge in [0.25, 0.3) is 0 Å². The number of hydrogen-bond donors (Lipinski definition) is 3. The Balaban J connectivity index is 2.10. The topological polar surface area (TPSA) is 114 Å². The second-order valence-corrected chi connectivity index (χ2v) is 7.77. The van der Waals surface area contributed by atoms with Gasteiger partial charge >= 0.3 is 18.4 Å². The molecule has 29 heavy (non-hydrogen) atoms. The number of nitrogens with one attached hydrogen (secondary N) is 1. The predicted octanol–water partition coefficient (Wildman–Crippen LogP) is 2.96. The fourth-order valence-corrected chi connectivity index (χ4v) is 2.98. The van der Waals surface area contributed by atoms with Crippen LogP contribution in [-0.2, 0) is 11.3 Å². The van der Waals surface area contributed by atoms with Crippen LogP contribution >= 0.6 is 0 Å². The minimum absolute atomic E-state index is 0.0437. The number of amides is 1. The third-order valence-corrected chi connectivity index (χ3v) is 4.08. The second-order valence-electron chi connectivity index (χ2n) is 7.77. The SMILES string of the molecule is CC(C)(C)OC(=O)NC1CCN(Cc2cc(N)c(C(=O)O)cc2OC(F)(F)F)C1. The highest BCUT2D eigenvalue weighted by atomic mass is 19.4. The lowest BCUT2D eigenvalue weighted by Crippen LogP contribution is -2.40. The number of carboxylic acid groups (broad SMARTS) is 1. The number of alkyl halides is 3. The summed E-state index contributed by atoms with van der Waals surface area (Å²) in [7, 11) is 0. The van der Waals surface area contributed by atoms with Crippen molar-refractivity contribution < 1.29 is 37.3 Å². The molecule has 1 fully saturated rings. The molecule has 0 spiro atoms. The minimum atomic E-state index is -4.98. The Labute approximate surface area is 165 Å². The van der Waals surface area contributed by atoms with E-state index in [2.05, 4.69) is 10.1 Å². The molecule has 162 valence electrons. The van der Waals surface area contributed by atoms with Crippen molar-refractivity contribution in [1.82, 2.24) is 10.2 Å². The smallest absolute Gasteiger partial charge is 0.478 e. The molecule has 11 heteroatoms. The number of nitrogens with two attached hydrogens (primary N) is 1. The van der Waals surface area contributed by atoms with E-state index in [4.69, 9.17) is 15.6 Å². The summed E-state index contributed by atoms with van der Waals surface area (Å²) in [6.45, 7) is 6.14. The van der Waals surface area contributed by atoms with Crippen LogP contribution in [0.15, 0.2) is 12.1 Å². The van der Waals surface area contributed by atoms with Crippen LogP contribution in [0.25, 0.3) is 0 Å². The van der Waals surface area contributed by atoms with Gasteiger partial charge in [-0.25, -0.2) is 9.59 Å². The zero-order chi connectivity index (χ0) is 22.0. The Kier molecular flexibility index (Phi) is 6.51. The van der Waals surface area contributed by atoms with Crippen LogP contribution in [0.2, 0.25) is 0 Å². The molecule has 1 aliphatic rings. The maximum Gasteiger partial charge on any atom is 0.573 e. The van der Waals surface area contributed by atoms with Crippen molar-refractivity contribution in [2.45, 2.75) is 51.7 Å². The van der Waals surface area contributed by atoms with Gasteiger partial charge < -0.3 is 25.6 Å². The Bertz CT molecular complexity index is 777. The minimum Gasteiger partial charge on any atom is -0.478 e. The third kappa shape index (κ3) is 7.00. The number of rotatable bonds is 5. The van der Waals surface area contributed by atoms with Gasteiger partial charge in [-0.1, -0.05) is 0 Å². The molecule has 1 aromatic rings. The summed E-state index contributed by atoms with van der Waals surface area (Å²) in [6.07, 6.45) is -4.97. The van der Waals surface area contributed by atoms with Gasteiger partial charge in [-0.3, -0.25) is 4.90 Å². The highest BCUT2D eigenvalue weighted by Gasteiger charge is 2.34. The van der Waals surface area contributed by atoms with Gasteiger partial charge in [0.2, 0.25) is 0 Å². The molecule has 1 unspecified atom stereocenters. The maximum absolute atomic E-state index is 12.7. The Hall–Kier alpha value is -2.69. The van der Waals surface area contributed by atoms with Crippen molar-refractivity contribution in [2.75, 3.05) is 18.8 Å². The molecule has 1 aromatic carbocycles. The summed E-state index contributed by atoms with van der Waals surface area (Å²) in [5, 5.41) is 11.8. The van der Waals surface area contributed by atoms with Crippen molar-refractivity contribution in [3.8, 4) is 5.75 Å². The van der Waals surface area contributed by atoms with Crippen LogP contribution in [0, 0.1) is 0 Å². The summed E-state index contributed by atoms with van der Waals surface area (Å²) >= 11 is 0. The zero-order valence-electron chi connectivity index (χ0n) is 16.3. The van der Waals surface area contributed by atoms with E-state index in [0.717, 1.165) is 6.07 Å². The third-order valence-electron chi connectivity index (χ3n) is 4.08. The Morgan fingerprint density at radius 1 is 1.31 bits per heavy atom. The van der Waals surface area contributed by atoms with Gasteiger partial charge in [0.1, 0.15) is 11.4 Å². The van der Waals surface area contributed by atoms with Gasteiger partial charge in [0, 0.05) is 36.9 Å². The van der Waals surface area contributed by atoms with Crippen LogP contribution in [0.3, 0.4) is 0 Å². The van der Waals surface area contributed by atoms with Crippen LogP contribution in [0.4, 0.5) is 23.7 Å². The van der Waals surface area contributed by atoms with Crippen molar-refractivity contribution in [1.29, 1.82) is 0 Å². The van der Waals surface area contributed by atoms with E-state index in [0.29, 0.717) is 19.5 Å². The molecule has 1 heterocycles. The molecule has 2 rings (SSSR count). The maximum atomic E-state index is 12.7. The summed E-state index contributed by atoms with van der Waals surface area (Å²) < 4.78 is 47.4. The molecule has 0 saturated carbocycles. The first-order chi connectivity index (χ1) is 13.2. The number of likely N-dealkylation sites (tertiary alicyclic amines) is 1. The average molecular weight is 419 g/mol. The first kappa shape index (κ1) is 22.6. The lowest BCUT2D eigenvalue weighted by Gasteiger charge is -2.22. The number of hydrogen-bond acceptors (Lipinski definition) is 6. The lowest BCUT2D eigenvalue weighted by atomic mass is 10.1. The molecule has 8 nitrogen and oxygen atoms in total. The number of benzene rings is 1. The van der Waals surface area contributed by atoms with Crippen LogP contribution in [0.1, 0.15) is 43.1 Å². The quantitative estimate of drug-likeness (QED) is 0.629. The lowest BCUT2D eigenvalue weighted by molar-refractivity contribution is -0.275. The van der Waals surface area contributed by atoms with E-state index < -0.39 is 35.3 Å². The Morgan fingerprint density at radius 2 is 1.97 bits per heavy atom. The number of carbonyl (C=O) groups is 2. The van der Waals surface area contributed by atoms with Crippen molar-refractivity contribution >= 4 is 17.7 Å². The van der Waals surface area contributed by atoms with Gasteiger partial charge in [0.05, 0.1) is 5.56 Å². The molecule has 0 aromatic heterocycles. The van der Waals surface area contributed by atoms with E-state index in [-0.39, 0.29) is 23.8 Å². The van der Waals surface area contributed by atoms with Gasteiger partial charge in [-0.05, 0) is 39.3 Å². The van der Waals surface area contributed by atoms with Gasteiger partial charge in [0.15, 0.2) is 0 Å². The molecule has 1 saturated heterocycles. The van der Waals surface area contributed by atoms with E-state index >= 15 is 0 Å². The molecule has 1 amide bonds. The summed E-state index contributed by atoms with van der Waals surface area (Å²) in [6, 6.07) is 1.71. The average Bonchev–Trinajstić information content (AvgIpc) is 2.93. The van der Waals surface area contributed by atoms with E-state index in [1.54, 1.807) is 25.7 Å². The number of nitrogen functional groups attached to an aromatic ring is 1. The molecule has 4 N–H and O–H groups in total. The number of ether oxygens (including phenoxy) is 2. The number of halogens is 3. The fraction of sp³-hybridized carbons (Fsp3) is 0.556. The van der Waals surface area contributed by atoms with E-state index in [1.165, 1.54) is 6.07 Å². The highest BCUT2D eigenvalue weighted by molar-refractivity contribution is 5.94. The first-order valence-corrected chi connectivity index (χ1v) is 8.87. The predicted molar refractivity (Wildman–Crippen MR) is 97.5 cm³/mol. The molecule has 1 aliphatic heterocycles. The van der Waals surface area contributed by atoms with Crippen LogP contribution < -0.4 is 15.8 Å². The molecular weight excluding hydrogens is 395 g/mol. The summed E-state index contributed by atoms with van der Waals surface area (Å²) in [5.74, 6) is -2.07. The number of alkyl carbamates (subject to hydrolysis) is 1. The number of carbonyl (C=O) groups excluding carboxylic acids is 1. The second kappa shape index (κ2) is 8.36. The molecule has 0 radical (unpaired) electrons. The number of nitrogens with zero attached hydrogens (tertiary/aromatic N) is 1. The number of anilines is 1. The Morgan fingerprint density at radius 3 is 2.52 bits per heavy atom. The largest absolute Gasteiger partial charge is 0.573 e. The van der Waals surface area contributed by atoms with Crippen LogP contribution in [0.5, 0.6) is 5.75 Å². The first-order valence-electron chi connectivity index (χ1n) is 8.87.